The number of rotatable bonds is 11. The lowest BCUT2D eigenvalue weighted by Gasteiger charge is -2.34. The van der Waals surface area contributed by atoms with Gasteiger partial charge in [0.05, 0.1) is 0 Å². The zero-order chi connectivity index (χ0) is 30.0. The Kier molecular flexibility index (Phi) is 11.4. The molecule has 0 spiro atoms. The molecule has 0 aliphatic heterocycles. The third kappa shape index (κ3) is 9.86. The fraction of sp³-hybridized carbons (Fsp3) is 0.357. The van der Waals surface area contributed by atoms with Gasteiger partial charge in [-0.25, -0.2) is 0 Å². The highest BCUT2D eigenvalue weighted by molar-refractivity contribution is 5.98. The smallest absolute Gasteiger partial charge is 0.303 e. The van der Waals surface area contributed by atoms with E-state index in [9.17, 15) is 28.8 Å². The predicted molar refractivity (Wildman–Crippen MR) is 142 cm³/mol. The summed E-state index contributed by atoms with van der Waals surface area (Å²) in [6, 6.07) is 13.3. The second-order valence-corrected chi connectivity index (χ2v) is 8.93. The fourth-order valence-electron chi connectivity index (χ4n) is 3.76. The van der Waals surface area contributed by atoms with Gasteiger partial charge in [0.15, 0.2) is 12.2 Å². The van der Waals surface area contributed by atoms with E-state index in [1.807, 2.05) is 0 Å². The molecule has 2 aromatic rings. The monoisotopic (exact) mass is 556 g/mol. The Morgan fingerprint density at radius 2 is 0.875 bits per heavy atom. The molecule has 2 rings (SSSR count). The van der Waals surface area contributed by atoms with Crippen molar-refractivity contribution in [1.82, 2.24) is 0 Å². The summed E-state index contributed by atoms with van der Waals surface area (Å²) in [5.74, 6) is -5.77. The maximum Gasteiger partial charge on any atom is 0.303 e. The highest BCUT2D eigenvalue weighted by Crippen LogP contribution is 2.23. The largest absolute Gasteiger partial charge is 0.454 e. The lowest BCUT2D eigenvalue weighted by Crippen LogP contribution is -2.57. The van der Waals surface area contributed by atoms with E-state index in [0.29, 0.717) is 11.4 Å². The second-order valence-electron chi connectivity index (χ2n) is 8.93. The van der Waals surface area contributed by atoms with Gasteiger partial charge in [0.2, 0.25) is 12.2 Å². The molecule has 40 heavy (non-hydrogen) atoms. The van der Waals surface area contributed by atoms with Crippen LogP contribution in [0.4, 0.5) is 11.4 Å². The van der Waals surface area contributed by atoms with Crippen molar-refractivity contribution in [3.8, 4) is 0 Å². The summed E-state index contributed by atoms with van der Waals surface area (Å²) in [7, 11) is 0. The quantitative estimate of drug-likeness (QED) is 0.311. The minimum absolute atomic E-state index is 0.321. The Labute approximate surface area is 231 Å². The van der Waals surface area contributed by atoms with Gasteiger partial charge in [-0.2, -0.15) is 0 Å². The van der Waals surface area contributed by atoms with Crippen LogP contribution < -0.4 is 10.6 Å². The average Bonchev–Trinajstić information content (AvgIpc) is 2.83. The van der Waals surface area contributed by atoms with Crippen LogP contribution in [-0.2, 0) is 47.7 Å². The molecule has 4 atom stereocenters. The second kappa shape index (κ2) is 14.4. The van der Waals surface area contributed by atoms with Gasteiger partial charge in [-0.1, -0.05) is 24.3 Å². The third-order valence-corrected chi connectivity index (χ3v) is 5.20. The summed E-state index contributed by atoms with van der Waals surface area (Å²) in [6.07, 6.45) is -7.70. The number of hydrogen-bond donors (Lipinski definition) is 2. The van der Waals surface area contributed by atoms with Crippen LogP contribution in [0, 0.1) is 13.8 Å². The molecule has 12 heteroatoms. The van der Waals surface area contributed by atoms with E-state index in [1.165, 1.54) is 0 Å². The van der Waals surface area contributed by atoms with E-state index in [1.54, 1.807) is 62.4 Å². The van der Waals surface area contributed by atoms with Crippen molar-refractivity contribution in [2.24, 2.45) is 0 Å². The summed E-state index contributed by atoms with van der Waals surface area (Å²) in [6.45, 7) is 7.57. The van der Waals surface area contributed by atoms with Gasteiger partial charge in [0.1, 0.15) is 0 Å². The minimum Gasteiger partial charge on any atom is -0.454 e. The van der Waals surface area contributed by atoms with Gasteiger partial charge in [0, 0.05) is 39.1 Å². The normalized spacial score (nSPS) is 13.4. The highest BCUT2D eigenvalue weighted by atomic mass is 16.6. The first-order chi connectivity index (χ1) is 18.8. The van der Waals surface area contributed by atoms with E-state index in [4.69, 9.17) is 18.9 Å². The Hall–Kier alpha value is -4.74. The first-order valence-electron chi connectivity index (χ1n) is 12.2. The van der Waals surface area contributed by atoms with Crippen LogP contribution >= 0.6 is 0 Å². The minimum atomic E-state index is -1.93. The summed E-state index contributed by atoms with van der Waals surface area (Å²) >= 11 is 0. The first kappa shape index (κ1) is 31.5. The molecule has 0 fully saturated rings. The van der Waals surface area contributed by atoms with Gasteiger partial charge in [-0.3, -0.25) is 28.8 Å². The number of anilines is 2. The lowest BCUT2D eigenvalue weighted by atomic mass is 10.00. The number of esters is 4. The molecule has 0 saturated heterocycles. The van der Waals surface area contributed by atoms with Crippen molar-refractivity contribution >= 4 is 47.1 Å². The van der Waals surface area contributed by atoms with E-state index in [0.717, 1.165) is 38.8 Å². The van der Waals surface area contributed by atoms with E-state index in [2.05, 4.69) is 10.6 Å². The molecule has 0 saturated carbocycles. The number of nitrogens with one attached hydrogen (secondary N) is 2. The zero-order valence-electron chi connectivity index (χ0n) is 23.0. The van der Waals surface area contributed by atoms with Crippen molar-refractivity contribution in [2.45, 2.75) is 66.0 Å². The third-order valence-electron chi connectivity index (χ3n) is 5.20. The lowest BCUT2D eigenvalue weighted by molar-refractivity contribution is -0.198. The number of benzene rings is 2. The molecule has 2 amide bonds. The molecule has 0 aliphatic carbocycles. The van der Waals surface area contributed by atoms with Gasteiger partial charge >= 0.3 is 23.9 Å². The van der Waals surface area contributed by atoms with Gasteiger partial charge in [-0.05, 0) is 49.2 Å². The van der Waals surface area contributed by atoms with Crippen LogP contribution in [0.15, 0.2) is 48.5 Å². The summed E-state index contributed by atoms with van der Waals surface area (Å²) in [5, 5.41) is 5.10. The maximum absolute atomic E-state index is 13.4. The van der Waals surface area contributed by atoms with E-state index in [-0.39, 0.29) is 0 Å². The van der Waals surface area contributed by atoms with Gasteiger partial charge in [0.25, 0.3) is 11.8 Å². The number of amides is 2. The molecule has 2 aromatic carbocycles. The van der Waals surface area contributed by atoms with Crippen LogP contribution in [0.3, 0.4) is 0 Å². The maximum atomic E-state index is 13.4. The number of ether oxygens (including phenoxy) is 4. The topological polar surface area (TPSA) is 163 Å². The highest BCUT2D eigenvalue weighted by Gasteiger charge is 2.49. The molecule has 2 N–H and O–H groups in total. The SMILES string of the molecule is CC(=O)OC(C(=O)Nc1cccc(C)c1)C(OC(C)=O)C(OC(C)=O)C(OC(C)=O)C(=O)Nc1cccc(C)c1. The number of carbonyl (C=O) groups is 6. The van der Waals surface area contributed by atoms with Crippen LogP contribution in [0.25, 0.3) is 0 Å². The Morgan fingerprint density at radius 1 is 0.550 bits per heavy atom. The van der Waals surface area contributed by atoms with Crippen LogP contribution in [0.1, 0.15) is 38.8 Å². The van der Waals surface area contributed by atoms with Crippen molar-refractivity contribution in [3.63, 3.8) is 0 Å². The molecule has 0 aromatic heterocycles. The zero-order valence-corrected chi connectivity index (χ0v) is 23.0. The average molecular weight is 557 g/mol. The molecule has 0 bridgehead atoms. The molecule has 0 aliphatic rings. The van der Waals surface area contributed by atoms with Crippen LogP contribution in [0.5, 0.6) is 0 Å². The summed E-state index contributed by atoms with van der Waals surface area (Å²) in [4.78, 5) is 75.2. The van der Waals surface area contributed by atoms with Crippen molar-refractivity contribution in [2.75, 3.05) is 10.6 Å². The van der Waals surface area contributed by atoms with Crippen molar-refractivity contribution in [3.05, 3.63) is 59.7 Å². The van der Waals surface area contributed by atoms with Gasteiger partial charge in [-0.15, -0.1) is 0 Å². The first-order valence-corrected chi connectivity index (χ1v) is 12.2. The number of aryl methyl sites for hydroxylation is 2. The summed E-state index contributed by atoms with van der Waals surface area (Å²) < 4.78 is 21.1. The molecule has 0 heterocycles. The van der Waals surface area contributed by atoms with E-state index < -0.39 is 60.1 Å². The molecular weight excluding hydrogens is 524 g/mol. The van der Waals surface area contributed by atoms with Gasteiger partial charge < -0.3 is 29.6 Å². The fourth-order valence-corrected chi connectivity index (χ4v) is 3.76. The standard InChI is InChI=1S/C28H32N2O10/c1-15-9-7-11-21(13-15)29-27(35)25(39-19(5)33)23(37-17(3)31)24(38-18(4)32)26(40-20(6)34)28(36)30-22-12-8-10-16(2)14-22/h7-14,23-26H,1-6H3,(H,29,35)(H,30,36). The Bertz CT molecular complexity index is 1180. The predicted octanol–water partition coefficient (Wildman–Crippen LogP) is 2.61. The van der Waals surface area contributed by atoms with Crippen molar-refractivity contribution < 1.29 is 47.7 Å². The molecule has 12 nitrogen and oxygen atoms in total. The molecular formula is C28H32N2O10. The molecule has 0 radical (unpaired) electrons. The molecule has 214 valence electrons. The molecule has 4 unspecified atom stereocenters. The number of hydrogen-bond acceptors (Lipinski definition) is 10. The Balaban J connectivity index is 2.60. The number of carbonyl (C=O) groups excluding carboxylic acids is 6. The van der Waals surface area contributed by atoms with Crippen LogP contribution in [0.2, 0.25) is 0 Å². The van der Waals surface area contributed by atoms with E-state index >= 15 is 0 Å². The Morgan fingerprint density at radius 3 is 1.15 bits per heavy atom. The van der Waals surface area contributed by atoms with Crippen LogP contribution in [-0.4, -0.2) is 60.1 Å². The summed E-state index contributed by atoms with van der Waals surface area (Å²) in [5.41, 5.74) is 2.25. The van der Waals surface area contributed by atoms with Crippen molar-refractivity contribution in [1.29, 1.82) is 0 Å².